The molecule has 0 spiro atoms. The average molecular weight is 242 g/mol. The molecule has 2 N–H and O–H groups in total. The van der Waals surface area contributed by atoms with Crippen molar-refractivity contribution in [2.24, 2.45) is 0 Å². The van der Waals surface area contributed by atoms with Gasteiger partial charge in [0.15, 0.2) is 11.6 Å². The molecule has 1 saturated carbocycles. The quantitative estimate of drug-likeness (QED) is 0.837. The van der Waals surface area contributed by atoms with Crippen molar-refractivity contribution in [2.75, 3.05) is 0 Å². The molecule has 1 atom stereocenters. The van der Waals surface area contributed by atoms with Crippen LogP contribution in [0.25, 0.3) is 0 Å². The molecular formula is C13H16F2O2. The van der Waals surface area contributed by atoms with Crippen molar-refractivity contribution < 1.29 is 19.0 Å². The topological polar surface area (TPSA) is 40.5 Å². The Balaban J connectivity index is 2.23. The van der Waals surface area contributed by atoms with E-state index >= 15 is 0 Å². The Morgan fingerprint density at radius 2 is 1.71 bits per heavy atom. The molecule has 0 amide bonds. The Morgan fingerprint density at radius 3 is 2.29 bits per heavy atom. The number of hydrogen-bond acceptors (Lipinski definition) is 2. The van der Waals surface area contributed by atoms with Crippen LogP contribution < -0.4 is 0 Å². The first-order valence-corrected chi connectivity index (χ1v) is 5.88. The maximum atomic E-state index is 13.1. The zero-order valence-electron chi connectivity index (χ0n) is 9.50. The number of aliphatic hydroxyl groups is 2. The van der Waals surface area contributed by atoms with Crippen LogP contribution in [-0.4, -0.2) is 15.8 Å². The second-order valence-corrected chi connectivity index (χ2v) is 4.74. The first-order chi connectivity index (χ1) is 8.03. The molecule has 4 heteroatoms. The van der Waals surface area contributed by atoms with Crippen LogP contribution >= 0.6 is 0 Å². The number of benzene rings is 1. The number of rotatable bonds is 2. The van der Waals surface area contributed by atoms with Gasteiger partial charge in [0.25, 0.3) is 0 Å². The third kappa shape index (κ3) is 2.48. The van der Waals surface area contributed by atoms with Crippen molar-refractivity contribution >= 4 is 0 Å². The summed E-state index contributed by atoms with van der Waals surface area (Å²) in [6.45, 7) is 0. The maximum Gasteiger partial charge on any atom is 0.159 e. The Kier molecular flexibility index (Phi) is 3.45. The van der Waals surface area contributed by atoms with Crippen LogP contribution in [0.5, 0.6) is 0 Å². The summed E-state index contributed by atoms with van der Waals surface area (Å²) in [5.41, 5.74) is -0.976. The van der Waals surface area contributed by atoms with E-state index in [1.165, 1.54) is 6.07 Å². The van der Waals surface area contributed by atoms with Crippen molar-refractivity contribution in [3.8, 4) is 0 Å². The molecule has 2 nitrogen and oxygen atoms in total. The van der Waals surface area contributed by atoms with Crippen molar-refractivity contribution in [1.29, 1.82) is 0 Å². The highest BCUT2D eigenvalue weighted by molar-refractivity contribution is 5.22. The van der Waals surface area contributed by atoms with E-state index in [-0.39, 0.29) is 5.56 Å². The Morgan fingerprint density at radius 1 is 1.06 bits per heavy atom. The summed E-state index contributed by atoms with van der Waals surface area (Å²) in [4.78, 5) is 0. The van der Waals surface area contributed by atoms with Gasteiger partial charge in [-0.05, 0) is 30.5 Å². The Labute approximate surface area is 98.9 Å². The monoisotopic (exact) mass is 242 g/mol. The first-order valence-electron chi connectivity index (χ1n) is 5.88. The highest BCUT2D eigenvalue weighted by atomic mass is 19.2. The van der Waals surface area contributed by atoms with Gasteiger partial charge in [0.1, 0.15) is 6.10 Å². The zero-order chi connectivity index (χ0) is 12.5. The fourth-order valence-corrected chi connectivity index (χ4v) is 2.43. The molecule has 1 aromatic rings. The molecule has 1 unspecified atom stereocenters. The van der Waals surface area contributed by atoms with Gasteiger partial charge in [-0.1, -0.05) is 25.3 Å². The van der Waals surface area contributed by atoms with Crippen LogP contribution in [0.4, 0.5) is 8.78 Å². The minimum atomic E-state index is -1.21. The van der Waals surface area contributed by atoms with Crippen LogP contribution in [0, 0.1) is 11.6 Å². The molecule has 0 heterocycles. The third-order valence-electron chi connectivity index (χ3n) is 3.49. The summed E-state index contributed by atoms with van der Waals surface area (Å²) in [6, 6.07) is 3.24. The summed E-state index contributed by atoms with van der Waals surface area (Å²) >= 11 is 0. The first kappa shape index (κ1) is 12.5. The summed E-state index contributed by atoms with van der Waals surface area (Å²) < 4.78 is 25.8. The third-order valence-corrected chi connectivity index (χ3v) is 3.49. The molecule has 0 aliphatic heterocycles. The lowest BCUT2D eigenvalue weighted by Gasteiger charge is -2.36. The van der Waals surface area contributed by atoms with Crippen molar-refractivity contribution in [1.82, 2.24) is 0 Å². The highest BCUT2D eigenvalue weighted by Gasteiger charge is 2.37. The van der Waals surface area contributed by atoms with E-state index in [9.17, 15) is 19.0 Å². The molecule has 1 fully saturated rings. The predicted molar refractivity (Wildman–Crippen MR) is 59.4 cm³/mol. The predicted octanol–water partition coefficient (Wildman–Crippen LogP) is 2.69. The van der Waals surface area contributed by atoms with E-state index in [1.54, 1.807) is 0 Å². The van der Waals surface area contributed by atoms with E-state index in [0.29, 0.717) is 12.8 Å². The molecule has 1 aliphatic carbocycles. The van der Waals surface area contributed by atoms with Crippen molar-refractivity contribution in [3.05, 3.63) is 35.4 Å². The molecular weight excluding hydrogens is 226 g/mol. The Bertz CT molecular complexity index is 400. The maximum absolute atomic E-state index is 13.1. The van der Waals surface area contributed by atoms with Crippen molar-refractivity contribution in [3.63, 3.8) is 0 Å². The van der Waals surface area contributed by atoms with Crippen LogP contribution in [0.3, 0.4) is 0 Å². The van der Waals surface area contributed by atoms with Gasteiger partial charge in [0, 0.05) is 0 Å². The van der Waals surface area contributed by atoms with Crippen LogP contribution in [0.1, 0.15) is 43.8 Å². The minimum absolute atomic E-state index is 0.230. The van der Waals surface area contributed by atoms with Gasteiger partial charge in [-0.2, -0.15) is 0 Å². The van der Waals surface area contributed by atoms with Crippen LogP contribution in [0.2, 0.25) is 0 Å². The summed E-state index contributed by atoms with van der Waals surface area (Å²) in [5, 5.41) is 20.4. The van der Waals surface area contributed by atoms with Gasteiger partial charge < -0.3 is 10.2 Å². The van der Waals surface area contributed by atoms with Gasteiger partial charge in [0.05, 0.1) is 5.60 Å². The van der Waals surface area contributed by atoms with E-state index in [0.717, 1.165) is 31.4 Å². The molecule has 0 saturated heterocycles. The van der Waals surface area contributed by atoms with Gasteiger partial charge in [-0.25, -0.2) is 8.78 Å². The molecule has 0 aromatic heterocycles. The fraction of sp³-hybridized carbons (Fsp3) is 0.538. The van der Waals surface area contributed by atoms with Crippen molar-refractivity contribution in [2.45, 2.75) is 43.8 Å². The lowest BCUT2D eigenvalue weighted by atomic mass is 9.78. The van der Waals surface area contributed by atoms with Crippen LogP contribution in [-0.2, 0) is 0 Å². The van der Waals surface area contributed by atoms with E-state index in [1.807, 2.05) is 0 Å². The van der Waals surface area contributed by atoms with Crippen LogP contribution in [0.15, 0.2) is 18.2 Å². The second-order valence-electron chi connectivity index (χ2n) is 4.74. The summed E-state index contributed by atoms with van der Waals surface area (Å²) in [6.07, 6.45) is 2.56. The Hall–Kier alpha value is -1.00. The molecule has 2 rings (SSSR count). The smallest absolute Gasteiger partial charge is 0.159 e. The number of hydrogen-bond donors (Lipinski definition) is 2. The van der Waals surface area contributed by atoms with E-state index in [2.05, 4.69) is 0 Å². The second kappa shape index (κ2) is 4.70. The van der Waals surface area contributed by atoms with E-state index in [4.69, 9.17) is 0 Å². The fourth-order valence-electron chi connectivity index (χ4n) is 2.43. The molecule has 1 aliphatic rings. The molecule has 1 aromatic carbocycles. The minimum Gasteiger partial charge on any atom is -0.387 e. The number of aliphatic hydroxyl groups excluding tert-OH is 1. The average Bonchev–Trinajstić information content (AvgIpc) is 2.33. The van der Waals surface area contributed by atoms with Gasteiger partial charge >= 0.3 is 0 Å². The van der Waals surface area contributed by atoms with Gasteiger partial charge in [-0.3, -0.25) is 0 Å². The molecule has 94 valence electrons. The normalized spacial score (nSPS) is 21.2. The van der Waals surface area contributed by atoms with E-state index < -0.39 is 23.3 Å². The lowest BCUT2D eigenvalue weighted by Crippen LogP contribution is -2.38. The number of halogens is 2. The van der Waals surface area contributed by atoms with Gasteiger partial charge in [0.2, 0.25) is 0 Å². The lowest BCUT2D eigenvalue weighted by molar-refractivity contribution is -0.0992. The van der Waals surface area contributed by atoms with Gasteiger partial charge in [-0.15, -0.1) is 0 Å². The molecule has 0 bridgehead atoms. The molecule has 17 heavy (non-hydrogen) atoms. The largest absolute Gasteiger partial charge is 0.387 e. The summed E-state index contributed by atoms with van der Waals surface area (Å²) in [7, 11) is 0. The zero-order valence-corrected chi connectivity index (χ0v) is 9.50. The highest BCUT2D eigenvalue weighted by Crippen LogP contribution is 2.38. The molecule has 0 radical (unpaired) electrons. The SMILES string of the molecule is OC(c1ccc(F)c(F)c1)C1(O)CCCCC1. The standard InChI is InChI=1S/C13H16F2O2/c14-10-5-4-9(8-11(10)15)12(16)13(17)6-2-1-3-7-13/h4-5,8,12,16-17H,1-3,6-7H2. The summed E-state index contributed by atoms with van der Waals surface area (Å²) in [5.74, 6) is -1.95.